The molecule has 0 aromatic carbocycles. The second-order valence-corrected chi connectivity index (χ2v) is 5.13. The molecule has 0 aliphatic carbocycles. The predicted molar refractivity (Wildman–Crippen MR) is 68.8 cm³/mol. The highest BCUT2D eigenvalue weighted by Gasteiger charge is 2.34. The van der Waals surface area contributed by atoms with Crippen LogP contribution >= 0.6 is 0 Å². The van der Waals surface area contributed by atoms with Gasteiger partial charge < -0.3 is 10.1 Å². The summed E-state index contributed by atoms with van der Waals surface area (Å²) < 4.78 is 5.41. The maximum Gasteiger partial charge on any atom is 0.0478 e. The molecule has 0 saturated carbocycles. The van der Waals surface area contributed by atoms with Gasteiger partial charge in [0.05, 0.1) is 0 Å². The lowest BCUT2D eigenvalue weighted by atomic mass is 9.92. The molecule has 0 bridgehead atoms. The van der Waals surface area contributed by atoms with Crippen molar-refractivity contribution in [1.82, 2.24) is 10.2 Å². The van der Waals surface area contributed by atoms with Crippen LogP contribution in [0.4, 0.5) is 0 Å². The Labute approximate surface area is 101 Å². The van der Waals surface area contributed by atoms with Crippen molar-refractivity contribution in [2.45, 2.75) is 52.1 Å². The lowest BCUT2D eigenvalue weighted by Gasteiger charge is -2.47. The van der Waals surface area contributed by atoms with Gasteiger partial charge in [-0.3, -0.25) is 4.90 Å². The molecule has 1 heterocycles. The standard InChI is InChI=1S/C13H28N2O/c1-5-13(4)11-14-12(3)10-15(13)8-7-9-16-6-2/h12,14H,5-11H2,1-4H3. The molecule has 0 aromatic heterocycles. The second kappa shape index (κ2) is 6.58. The van der Waals surface area contributed by atoms with E-state index in [1.54, 1.807) is 0 Å². The lowest BCUT2D eigenvalue weighted by molar-refractivity contribution is 0.0410. The summed E-state index contributed by atoms with van der Waals surface area (Å²) in [5, 5.41) is 3.58. The summed E-state index contributed by atoms with van der Waals surface area (Å²) in [6.45, 7) is 14.2. The van der Waals surface area contributed by atoms with Gasteiger partial charge in [0.25, 0.3) is 0 Å². The molecule has 0 aromatic rings. The minimum atomic E-state index is 0.332. The first kappa shape index (κ1) is 13.9. The van der Waals surface area contributed by atoms with Crippen LogP contribution in [0.3, 0.4) is 0 Å². The first-order valence-electron chi connectivity index (χ1n) is 6.68. The third-order valence-electron chi connectivity index (χ3n) is 3.77. The van der Waals surface area contributed by atoms with E-state index >= 15 is 0 Å². The van der Waals surface area contributed by atoms with E-state index in [4.69, 9.17) is 4.74 Å². The Morgan fingerprint density at radius 2 is 2.19 bits per heavy atom. The summed E-state index contributed by atoms with van der Waals surface area (Å²) in [5.41, 5.74) is 0.332. The number of rotatable bonds is 6. The van der Waals surface area contributed by atoms with Crippen LogP contribution in [0.2, 0.25) is 0 Å². The summed E-state index contributed by atoms with van der Waals surface area (Å²) >= 11 is 0. The maximum absolute atomic E-state index is 5.41. The molecule has 1 aliphatic heterocycles. The first-order valence-corrected chi connectivity index (χ1v) is 6.68. The van der Waals surface area contributed by atoms with Crippen LogP contribution in [-0.4, -0.2) is 49.3 Å². The number of nitrogens with one attached hydrogen (secondary N) is 1. The van der Waals surface area contributed by atoms with Crippen molar-refractivity contribution in [3.8, 4) is 0 Å². The minimum Gasteiger partial charge on any atom is -0.382 e. The Morgan fingerprint density at radius 3 is 2.81 bits per heavy atom. The molecule has 1 N–H and O–H groups in total. The highest BCUT2D eigenvalue weighted by molar-refractivity contribution is 4.93. The van der Waals surface area contributed by atoms with Crippen molar-refractivity contribution in [3.63, 3.8) is 0 Å². The van der Waals surface area contributed by atoms with E-state index in [1.165, 1.54) is 6.42 Å². The largest absolute Gasteiger partial charge is 0.382 e. The fraction of sp³-hybridized carbons (Fsp3) is 1.00. The van der Waals surface area contributed by atoms with Crippen LogP contribution in [0.1, 0.15) is 40.5 Å². The van der Waals surface area contributed by atoms with Gasteiger partial charge in [0.2, 0.25) is 0 Å². The Morgan fingerprint density at radius 1 is 1.44 bits per heavy atom. The van der Waals surface area contributed by atoms with Gasteiger partial charge in [-0.15, -0.1) is 0 Å². The normalized spacial score (nSPS) is 31.9. The van der Waals surface area contributed by atoms with Crippen LogP contribution in [0.25, 0.3) is 0 Å². The van der Waals surface area contributed by atoms with E-state index in [-0.39, 0.29) is 0 Å². The fourth-order valence-electron chi connectivity index (χ4n) is 2.33. The molecule has 2 atom stereocenters. The molecule has 0 amide bonds. The van der Waals surface area contributed by atoms with Gasteiger partial charge in [0.1, 0.15) is 0 Å². The van der Waals surface area contributed by atoms with E-state index < -0.39 is 0 Å². The molecule has 16 heavy (non-hydrogen) atoms. The second-order valence-electron chi connectivity index (χ2n) is 5.13. The molecular formula is C13H28N2O. The zero-order valence-electron chi connectivity index (χ0n) is 11.4. The van der Waals surface area contributed by atoms with Crippen molar-refractivity contribution in [2.24, 2.45) is 0 Å². The average Bonchev–Trinajstić information content (AvgIpc) is 2.29. The van der Waals surface area contributed by atoms with Crippen LogP contribution in [-0.2, 0) is 4.74 Å². The molecule has 1 aliphatic rings. The van der Waals surface area contributed by atoms with E-state index in [2.05, 4.69) is 37.9 Å². The van der Waals surface area contributed by atoms with Crippen molar-refractivity contribution in [3.05, 3.63) is 0 Å². The average molecular weight is 228 g/mol. The molecule has 0 radical (unpaired) electrons. The first-order chi connectivity index (χ1) is 7.62. The number of ether oxygens (including phenoxy) is 1. The Kier molecular flexibility index (Phi) is 5.73. The molecule has 2 unspecified atom stereocenters. The van der Waals surface area contributed by atoms with E-state index in [0.29, 0.717) is 11.6 Å². The van der Waals surface area contributed by atoms with Gasteiger partial charge in [-0.2, -0.15) is 0 Å². The molecule has 1 fully saturated rings. The van der Waals surface area contributed by atoms with Crippen LogP contribution in [0.15, 0.2) is 0 Å². The minimum absolute atomic E-state index is 0.332. The third kappa shape index (κ3) is 3.72. The van der Waals surface area contributed by atoms with Gasteiger partial charge in [-0.1, -0.05) is 6.92 Å². The SMILES string of the molecule is CCOCCCN1CC(C)NCC1(C)CC. The number of piperazine rings is 1. The highest BCUT2D eigenvalue weighted by atomic mass is 16.5. The fourth-order valence-corrected chi connectivity index (χ4v) is 2.33. The summed E-state index contributed by atoms with van der Waals surface area (Å²) in [5.74, 6) is 0. The lowest BCUT2D eigenvalue weighted by Crippen LogP contribution is -2.62. The molecular weight excluding hydrogens is 200 g/mol. The molecule has 0 spiro atoms. The topological polar surface area (TPSA) is 24.5 Å². The number of hydrogen-bond donors (Lipinski definition) is 1. The van der Waals surface area contributed by atoms with Gasteiger partial charge in [-0.05, 0) is 33.6 Å². The Balaban J connectivity index is 2.39. The van der Waals surface area contributed by atoms with Gasteiger partial charge in [0, 0.05) is 44.4 Å². The van der Waals surface area contributed by atoms with E-state index in [0.717, 1.165) is 39.3 Å². The van der Waals surface area contributed by atoms with Crippen molar-refractivity contribution < 1.29 is 4.74 Å². The zero-order chi connectivity index (χ0) is 12.0. The molecule has 1 rings (SSSR count). The monoisotopic (exact) mass is 228 g/mol. The Bertz CT molecular complexity index is 198. The summed E-state index contributed by atoms with van der Waals surface area (Å²) in [6.07, 6.45) is 2.36. The number of nitrogens with zero attached hydrogens (tertiary/aromatic N) is 1. The smallest absolute Gasteiger partial charge is 0.0478 e. The van der Waals surface area contributed by atoms with Gasteiger partial charge >= 0.3 is 0 Å². The molecule has 3 heteroatoms. The zero-order valence-corrected chi connectivity index (χ0v) is 11.4. The van der Waals surface area contributed by atoms with Crippen molar-refractivity contribution >= 4 is 0 Å². The predicted octanol–water partition coefficient (Wildman–Crippen LogP) is 1.88. The van der Waals surface area contributed by atoms with Gasteiger partial charge in [-0.25, -0.2) is 0 Å². The summed E-state index contributed by atoms with van der Waals surface area (Å²) in [4.78, 5) is 2.63. The van der Waals surface area contributed by atoms with Crippen molar-refractivity contribution in [1.29, 1.82) is 0 Å². The number of hydrogen-bond acceptors (Lipinski definition) is 3. The van der Waals surface area contributed by atoms with Gasteiger partial charge in [0.15, 0.2) is 0 Å². The summed E-state index contributed by atoms with van der Waals surface area (Å²) in [6, 6.07) is 0.617. The molecule has 96 valence electrons. The van der Waals surface area contributed by atoms with Crippen LogP contribution in [0.5, 0.6) is 0 Å². The quantitative estimate of drug-likeness (QED) is 0.703. The van der Waals surface area contributed by atoms with Crippen LogP contribution < -0.4 is 5.32 Å². The Hall–Kier alpha value is -0.120. The molecule has 1 saturated heterocycles. The highest BCUT2D eigenvalue weighted by Crippen LogP contribution is 2.22. The maximum atomic E-state index is 5.41. The summed E-state index contributed by atoms with van der Waals surface area (Å²) in [7, 11) is 0. The van der Waals surface area contributed by atoms with Crippen LogP contribution in [0, 0.1) is 0 Å². The van der Waals surface area contributed by atoms with E-state index in [1.807, 2.05) is 0 Å². The van der Waals surface area contributed by atoms with E-state index in [9.17, 15) is 0 Å². The molecule has 3 nitrogen and oxygen atoms in total. The van der Waals surface area contributed by atoms with Crippen molar-refractivity contribution in [2.75, 3.05) is 32.8 Å². The third-order valence-corrected chi connectivity index (χ3v) is 3.77.